The summed E-state index contributed by atoms with van der Waals surface area (Å²) in [6, 6.07) is 16.6. The Bertz CT molecular complexity index is 662. The largest absolute Gasteiger partial charge is 0.305 e. The number of halogens is 1. The minimum Gasteiger partial charge on any atom is -0.305 e. The molecular formula is C19H20BrNO. The standard InChI is InChI=1S/C19H20BrNO/c1-15-9-10-17(13-18(15)20)21(14-22)19(11-5-6-12-19)16-7-3-2-4-8-16/h2-4,7-10,13-14H,5-6,11-12H2,1H3. The maximum absolute atomic E-state index is 12.0. The maximum Gasteiger partial charge on any atom is 0.214 e. The molecule has 3 rings (SSSR count). The Balaban J connectivity index is 2.09. The normalized spacial score (nSPS) is 16.5. The number of rotatable bonds is 4. The van der Waals surface area contributed by atoms with Gasteiger partial charge in [0.15, 0.2) is 0 Å². The van der Waals surface area contributed by atoms with Gasteiger partial charge in [-0.2, -0.15) is 0 Å². The third kappa shape index (κ3) is 2.58. The monoisotopic (exact) mass is 357 g/mol. The van der Waals surface area contributed by atoms with Gasteiger partial charge in [-0.05, 0) is 43.0 Å². The van der Waals surface area contributed by atoms with Gasteiger partial charge in [-0.3, -0.25) is 4.79 Å². The topological polar surface area (TPSA) is 20.3 Å². The molecule has 1 amide bonds. The molecule has 1 saturated carbocycles. The molecule has 2 aromatic carbocycles. The van der Waals surface area contributed by atoms with E-state index in [4.69, 9.17) is 0 Å². The van der Waals surface area contributed by atoms with Crippen molar-refractivity contribution in [2.75, 3.05) is 4.90 Å². The number of carbonyl (C=O) groups is 1. The van der Waals surface area contributed by atoms with Gasteiger partial charge >= 0.3 is 0 Å². The second kappa shape index (κ2) is 6.25. The fourth-order valence-corrected chi connectivity index (χ4v) is 3.88. The summed E-state index contributed by atoms with van der Waals surface area (Å²) in [6.45, 7) is 2.06. The van der Waals surface area contributed by atoms with Gasteiger partial charge in [-0.15, -0.1) is 0 Å². The fraction of sp³-hybridized carbons (Fsp3) is 0.316. The summed E-state index contributed by atoms with van der Waals surface area (Å²) in [5, 5.41) is 0. The molecule has 1 aliphatic carbocycles. The minimum atomic E-state index is -0.211. The summed E-state index contributed by atoms with van der Waals surface area (Å²) in [7, 11) is 0. The summed E-state index contributed by atoms with van der Waals surface area (Å²) in [5.74, 6) is 0. The number of amides is 1. The van der Waals surface area contributed by atoms with E-state index in [-0.39, 0.29) is 5.54 Å². The first-order chi connectivity index (χ1) is 10.7. The number of benzene rings is 2. The lowest BCUT2D eigenvalue weighted by Gasteiger charge is -2.39. The summed E-state index contributed by atoms with van der Waals surface area (Å²) in [6.07, 6.45) is 5.34. The number of anilines is 1. The van der Waals surface area contributed by atoms with Crippen LogP contribution >= 0.6 is 15.9 Å². The van der Waals surface area contributed by atoms with E-state index in [0.717, 1.165) is 42.3 Å². The SMILES string of the molecule is Cc1ccc(N(C=O)C2(c3ccccc3)CCCC2)cc1Br. The Morgan fingerprint density at radius 1 is 1.09 bits per heavy atom. The van der Waals surface area contributed by atoms with E-state index in [2.05, 4.69) is 53.2 Å². The molecule has 22 heavy (non-hydrogen) atoms. The summed E-state index contributed by atoms with van der Waals surface area (Å²) in [4.78, 5) is 13.9. The Hall–Kier alpha value is -1.61. The van der Waals surface area contributed by atoms with E-state index < -0.39 is 0 Å². The van der Waals surface area contributed by atoms with Crippen LogP contribution < -0.4 is 4.90 Å². The number of aryl methyl sites for hydroxylation is 1. The lowest BCUT2D eigenvalue weighted by molar-refractivity contribution is -0.108. The highest BCUT2D eigenvalue weighted by molar-refractivity contribution is 9.10. The van der Waals surface area contributed by atoms with Crippen LogP contribution in [-0.2, 0) is 10.3 Å². The first-order valence-electron chi connectivity index (χ1n) is 7.74. The van der Waals surface area contributed by atoms with Crippen LogP contribution in [0.3, 0.4) is 0 Å². The van der Waals surface area contributed by atoms with E-state index in [1.54, 1.807) is 0 Å². The van der Waals surface area contributed by atoms with E-state index >= 15 is 0 Å². The van der Waals surface area contributed by atoms with Crippen LogP contribution in [0.5, 0.6) is 0 Å². The molecule has 0 aromatic heterocycles. The Kier molecular flexibility index (Phi) is 4.34. The smallest absolute Gasteiger partial charge is 0.214 e. The predicted molar refractivity (Wildman–Crippen MR) is 94.0 cm³/mol. The molecule has 0 radical (unpaired) electrons. The summed E-state index contributed by atoms with van der Waals surface area (Å²) in [5.41, 5.74) is 3.15. The Morgan fingerprint density at radius 3 is 2.36 bits per heavy atom. The van der Waals surface area contributed by atoms with Crippen molar-refractivity contribution in [1.29, 1.82) is 0 Å². The van der Waals surface area contributed by atoms with Crippen molar-refractivity contribution in [2.24, 2.45) is 0 Å². The van der Waals surface area contributed by atoms with Crippen molar-refractivity contribution in [1.82, 2.24) is 0 Å². The van der Waals surface area contributed by atoms with Gasteiger partial charge in [0.25, 0.3) is 0 Å². The lowest BCUT2D eigenvalue weighted by Crippen LogP contribution is -2.43. The molecular weight excluding hydrogens is 338 g/mol. The van der Waals surface area contributed by atoms with Crippen LogP contribution in [0.15, 0.2) is 53.0 Å². The van der Waals surface area contributed by atoms with E-state index in [1.807, 2.05) is 23.1 Å². The van der Waals surface area contributed by atoms with Crippen LogP contribution in [0.2, 0.25) is 0 Å². The van der Waals surface area contributed by atoms with Gasteiger partial charge in [0.1, 0.15) is 0 Å². The molecule has 2 nitrogen and oxygen atoms in total. The van der Waals surface area contributed by atoms with Crippen molar-refractivity contribution in [2.45, 2.75) is 38.1 Å². The predicted octanol–water partition coefficient (Wildman–Crippen LogP) is 5.19. The van der Waals surface area contributed by atoms with Gasteiger partial charge in [-0.25, -0.2) is 0 Å². The number of hydrogen-bond donors (Lipinski definition) is 0. The van der Waals surface area contributed by atoms with Crippen molar-refractivity contribution in [3.8, 4) is 0 Å². The zero-order valence-electron chi connectivity index (χ0n) is 12.8. The highest BCUT2D eigenvalue weighted by Crippen LogP contribution is 2.45. The van der Waals surface area contributed by atoms with E-state index in [0.29, 0.717) is 0 Å². The highest BCUT2D eigenvalue weighted by Gasteiger charge is 2.41. The average molecular weight is 358 g/mol. The second-order valence-electron chi connectivity index (χ2n) is 6.01. The van der Waals surface area contributed by atoms with Crippen molar-refractivity contribution in [3.63, 3.8) is 0 Å². The fourth-order valence-electron chi connectivity index (χ4n) is 3.52. The average Bonchev–Trinajstić information content (AvgIpc) is 3.03. The van der Waals surface area contributed by atoms with Crippen molar-refractivity contribution < 1.29 is 4.79 Å². The van der Waals surface area contributed by atoms with Gasteiger partial charge < -0.3 is 4.90 Å². The van der Waals surface area contributed by atoms with Crippen molar-refractivity contribution >= 4 is 28.0 Å². The van der Waals surface area contributed by atoms with Crippen LogP contribution in [0.1, 0.15) is 36.8 Å². The maximum atomic E-state index is 12.0. The number of carbonyl (C=O) groups excluding carboxylic acids is 1. The van der Waals surface area contributed by atoms with Crippen LogP contribution in [-0.4, -0.2) is 6.41 Å². The molecule has 0 spiro atoms. The molecule has 0 N–H and O–H groups in total. The Morgan fingerprint density at radius 2 is 1.77 bits per heavy atom. The van der Waals surface area contributed by atoms with Crippen LogP contribution in [0, 0.1) is 6.92 Å². The second-order valence-corrected chi connectivity index (χ2v) is 6.87. The third-order valence-electron chi connectivity index (χ3n) is 4.74. The van der Waals surface area contributed by atoms with E-state index in [9.17, 15) is 4.79 Å². The van der Waals surface area contributed by atoms with Crippen molar-refractivity contribution in [3.05, 3.63) is 64.1 Å². The molecule has 0 unspecified atom stereocenters. The van der Waals surface area contributed by atoms with Crippen LogP contribution in [0.25, 0.3) is 0 Å². The zero-order valence-corrected chi connectivity index (χ0v) is 14.3. The minimum absolute atomic E-state index is 0.211. The number of hydrogen-bond acceptors (Lipinski definition) is 1. The molecule has 0 heterocycles. The molecule has 3 heteroatoms. The zero-order chi connectivity index (χ0) is 15.6. The van der Waals surface area contributed by atoms with Gasteiger partial charge in [0.2, 0.25) is 6.41 Å². The molecule has 0 saturated heterocycles. The lowest BCUT2D eigenvalue weighted by atomic mass is 9.86. The Labute approximate surface area is 140 Å². The van der Waals surface area contributed by atoms with E-state index in [1.165, 1.54) is 11.1 Å². The van der Waals surface area contributed by atoms with Gasteiger partial charge in [0.05, 0.1) is 5.54 Å². The molecule has 0 aliphatic heterocycles. The van der Waals surface area contributed by atoms with Crippen LogP contribution in [0.4, 0.5) is 5.69 Å². The first-order valence-corrected chi connectivity index (χ1v) is 8.53. The molecule has 114 valence electrons. The molecule has 1 aliphatic rings. The molecule has 0 bridgehead atoms. The molecule has 0 atom stereocenters. The number of nitrogens with zero attached hydrogens (tertiary/aromatic N) is 1. The third-order valence-corrected chi connectivity index (χ3v) is 5.60. The quantitative estimate of drug-likeness (QED) is 0.689. The first kappa shape index (κ1) is 15.3. The van der Waals surface area contributed by atoms with Gasteiger partial charge in [-0.1, -0.05) is 65.2 Å². The summed E-state index contributed by atoms with van der Waals surface area (Å²) < 4.78 is 1.04. The highest BCUT2D eigenvalue weighted by atomic mass is 79.9. The molecule has 1 fully saturated rings. The summed E-state index contributed by atoms with van der Waals surface area (Å²) >= 11 is 3.58. The van der Waals surface area contributed by atoms with Gasteiger partial charge in [0, 0.05) is 10.2 Å². The molecule has 2 aromatic rings.